The van der Waals surface area contributed by atoms with E-state index in [4.69, 9.17) is 11.6 Å². The van der Waals surface area contributed by atoms with Crippen LogP contribution >= 0.6 is 59.4 Å². The molecule has 0 saturated carbocycles. The standard InChI is InChI=1S/C42H26Br3Cl/c43-33-19-11-29(12-20-33)39-37(27-7-3-1-4-8-27)41(31-15-23-35(45)24-16-31)42(32-17-25-36(46)26-18-32)38(28-9-5-2-6-10-28)40(39)30-13-21-34(44)22-14-30/h1-26H. The Balaban J connectivity index is 1.81. The van der Waals surface area contributed by atoms with E-state index in [-0.39, 0.29) is 0 Å². The van der Waals surface area contributed by atoms with Gasteiger partial charge in [0.25, 0.3) is 0 Å². The number of hydrogen-bond acceptors (Lipinski definition) is 0. The molecule has 0 aromatic heterocycles. The average Bonchev–Trinajstić information content (AvgIpc) is 3.09. The van der Waals surface area contributed by atoms with Gasteiger partial charge in [0.1, 0.15) is 0 Å². The van der Waals surface area contributed by atoms with E-state index in [2.05, 4.69) is 193 Å². The molecule has 0 heterocycles. The highest BCUT2D eigenvalue weighted by Gasteiger charge is 2.29. The zero-order valence-corrected chi connectivity index (χ0v) is 30.0. The number of hydrogen-bond donors (Lipinski definition) is 0. The summed E-state index contributed by atoms with van der Waals surface area (Å²) < 4.78 is 3.11. The lowest BCUT2D eigenvalue weighted by atomic mass is 9.74. The fraction of sp³-hybridized carbons (Fsp3) is 0. The van der Waals surface area contributed by atoms with Crippen LogP contribution in [0.3, 0.4) is 0 Å². The molecule has 0 amide bonds. The van der Waals surface area contributed by atoms with Crippen molar-refractivity contribution in [2.24, 2.45) is 0 Å². The van der Waals surface area contributed by atoms with Crippen LogP contribution in [0.25, 0.3) is 66.8 Å². The Kier molecular flexibility index (Phi) is 9.10. The van der Waals surface area contributed by atoms with Crippen molar-refractivity contribution in [3.05, 3.63) is 176 Å². The van der Waals surface area contributed by atoms with Gasteiger partial charge in [-0.25, -0.2) is 0 Å². The van der Waals surface area contributed by atoms with Crippen molar-refractivity contribution in [1.82, 2.24) is 0 Å². The highest BCUT2D eigenvalue weighted by atomic mass is 79.9. The molecule has 7 aromatic rings. The Labute approximate surface area is 300 Å². The van der Waals surface area contributed by atoms with Crippen molar-refractivity contribution >= 4 is 59.4 Å². The third-order valence-corrected chi connectivity index (χ3v) is 9.99. The summed E-state index contributed by atoms with van der Waals surface area (Å²) in [5.74, 6) is 0. The minimum atomic E-state index is 0.707. The Morgan fingerprint density at radius 2 is 0.478 bits per heavy atom. The topological polar surface area (TPSA) is 0 Å². The molecule has 0 unspecified atom stereocenters. The summed E-state index contributed by atoms with van der Waals surface area (Å²) in [5, 5.41) is 0.707. The Morgan fingerprint density at radius 1 is 0.261 bits per heavy atom. The summed E-state index contributed by atoms with van der Waals surface area (Å²) in [6.07, 6.45) is 0. The van der Waals surface area contributed by atoms with Crippen molar-refractivity contribution in [1.29, 1.82) is 0 Å². The molecule has 0 spiro atoms. The molecule has 0 fully saturated rings. The summed E-state index contributed by atoms with van der Waals surface area (Å²) >= 11 is 17.6. The molecule has 0 aliphatic heterocycles. The molecule has 0 atom stereocenters. The predicted molar refractivity (Wildman–Crippen MR) is 207 cm³/mol. The van der Waals surface area contributed by atoms with Crippen LogP contribution in [-0.4, -0.2) is 0 Å². The molecule has 46 heavy (non-hydrogen) atoms. The maximum absolute atomic E-state index is 6.50. The Morgan fingerprint density at radius 3 is 0.739 bits per heavy atom. The summed E-state index contributed by atoms with van der Waals surface area (Å²) in [7, 11) is 0. The Bertz CT molecular complexity index is 1850. The first-order valence-corrected chi connectivity index (χ1v) is 17.6. The first-order chi connectivity index (χ1) is 22.5. The van der Waals surface area contributed by atoms with Gasteiger partial charge in [-0.1, -0.05) is 169 Å². The van der Waals surface area contributed by atoms with E-state index in [9.17, 15) is 0 Å². The van der Waals surface area contributed by atoms with Gasteiger partial charge in [-0.2, -0.15) is 0 Å². The van der Waals surface area contributed by atoms with E-state index < -0.39 is 0 Å². The largest absolute Gasteiger partial charge is 0.0843 e. The minimum absolute atomic E-state index is 0.707. The smallest absolute Gasteiger partial charge is 0.0406 e. The summed E-state index contributed by atoms with van der Waals surface area (Å²) in [5.41, 5.74) is 13.8. The van der Waals surface area contributed by atoms with Gasteiger partial charge in [-0.05, 0) is 115 Å². The van der Waals surface area contributed by atoms with E-state index in [1.54, 1.807) is 0 Å². The van der Waals surface area contributed by atoms with Crippen molar-refractivity contribution in [3.8, 4) is 66.8 Å². The van der Waals surface area contributed by atoms with Gasteiger partial charge in [0, 0.05) is 18.4 Å². The molecule has 0 nitrogen and oxygen atoms in total. The lowest BCUT2D eigenvalue weighted by Crippen LogP contribution is -2.02. The van der Waals surface area contributed by atoms with Crippen molar-refractivity contribution < 1.29 is 0 Å². The number of halogens is 4. The monoisotopic (exact) mass is 802 g/mol. The SMILES string of the molecule is Clc1ccc(-c2c(-c3ccccc3)c(-c3ccc(Br)cc3)c(-c3ccc(Br)cc3)c(-c3ccccc3)c2-c2ccc(Br)cc2)cc1. The van der Waals surface area contributed by atoms with Crippen LogP contribution in [-0.2, 0) is 0 Å². The minimum Gasteiger partial charge on any atom is -0.0843 e. The maximum Gasteiger partial charge on any atom is 0.0406 e. The van der Waals surface area contributed by atoms with E-state index in [0.717, 1.165) is 52.4 Å². The van der Waals surface area contributed by atoms with E-state index in [1.807, 2.05) is 12.1 Å². The van der Waals surface area contributed by atoms with Gasteiger partial charge >= 0.3 is 0 Å². The van der Waals surface area contributed by atoms with Gasteiger partial charge in [0.15, 0.2) is 0 Å². The van der Waals surface area contributed by atoms with E-state index >= 15 is 0 Å². The van der Waals surface area contributed by atoms with Gasteiger partial charge in [0.2, 0.25) is 0 Å². The highest BCUT2D eigenvalue weighted by Crippen LogP contribution is 2.56. The second kappa shape index (κ2) is 13.6. The molecular formula is C42H26Br3Cl. The summed E-state index contributed by atoms with van der Waals surface area (Å²) in [6, 6.07) is 55.8. The molecule has 0 saturated heterocycles. The first kappa shape index (κ1) is 30.9. The van der Waals surface area contributed by atoms with Gasteiger partial charge in [0.05, 0.1) is 0 Å². The normalized spacial score (nSPS) is 11.0. The first-order valence-electron chi connectivity index (χ1n) is 14.9. The third kappa shape index (κ3) is 6.18. The molecule has 0 aliphatic carbocycles. The molecule has 0 N–H and O–H groups in total. The Hall–Kier alpha value is -3.73. The van der Waals surface area contributed by atoms with Gasteiger partial charge in [-0.3, -0.25) is 0 Å². The van der Waals surface area contributed by atoms with E-state index in [1.165, 1.54) is 27.8 Å². The number of rotatable bonds is 6. The molecule has 0 aliphatic rings. The quantitative estimate of drug-likeness (QED) is 0.157. The van der Waals surface area contributed by atoms with Crippen molar-refractivity contribution in [2.45, 2.75) is 0 Å². The molecule has 0 bridgehead atoms. The molecule has 7 aromatic carbocycles. The lowest BCUT2D eigenvalue weighted by molar-refractivity contribution is 1.50. The summed E-state index contributed by atoms with van der Waals surface area (Å²) in [4.78, 5) is 0. The second-order valence-corrected chi connectivity index (χ2v) is 14.2. The van der Waals surface area contributed by atoms with Crippen molar-refractivity contribution in [3.63, 3.8) is 0 Å². The second-order valence-electron chi connectivity index (χ2n) is 11.0. The van der Waals surface area contributed by atoms with Crippen LogP contribution in [0.2, 0.25) is 5.02 Å². The van der Waals surface area contributed by atoms with Crippen LogP contribution in [0, 0.1) is 0 Å². The van der Waals surface area contributed by atoms with Crippen molar-refractivity contribution in [2.75, 3.05) is 0 Å². The number of benzene rings is 7. The zero-order chi connectivity index (χ0) is 31.6. The van der Waals surface area contributed by atoms with Crippen LogP contribution < -0.4 is 0 Å². The molecule has 222 valence electrons. The third-order valence-electron chi connectivity index (χ3n) is 8.16. The van der Waals surface area contributed by atoms with Crippen LogP contribution in [0.4, 0.5) is 0 Å². The average molecular weight is 806 g/mol. The fourth-order valence-electron chi connectivity index (χ4n) is 6.16. The molecule has 0 radical (unpaired) electrons. The van der Waals surface area contributed by atoms with Crippen LogP contribution in [0.15, 0.2) is 171 Å². The maximum atomic E-state index is 6.50. The predicted octanol–water partition coefficient (Wildman–Crippen LogP) is 14.6. The lowest BCUT2D eigenvalue weighted by Gasteiger charge is -2.29. The van der Waals surface area contributed by atoms with E-state index in [0.29, 0.717) is 5.02 Å². The van der Waals surface area contributed by atoms with Crippen LogP contribution in [0.1, 0.15) is 0 Å². The molecular weight excluding hydrogens is 780 g/mol. The molecule has 7 rings (SSSR count). The fourth-order valence-corrected chi connectivity index (χ4v) is 7.08. The highest BCUT2D eigenvalue weighted by molar-refractivity contribution is 9.11. The van der Waals surface area contributed by atoms with Crippen LogP contribution in [0.5, 0.6) is 0 Å². The molecule has 4 heteroatoms. The zero-order valence-electron chi connectivity index (χ0n) is 24.5. The summed E-state index contributed by atoms with van der Waals surface area (Å²) in [6.45, 7) is 0. The van der Waals surface area contributed by atoms with Gasteiger partial charge in [-0.15, -0.1) is 0 Å². The van der Waals surface area contributed by atoms with Gasteiger partial charge < -0.3 is 0 Å².